The molecule has 0 atom stereocenters. The van der Waals surface area contributed by atoms with Crippen LogP contribution >= 0.6 is 11.3 Å². The Balaban J connectivity index is 2.12. The van der Waals surface area contributed by atoms with Crippen molar-refractivity contribution < 1.29 is 22.8 Å². The molecular weight excluding hydrogens is 319 g/mol. The second kappa shape index (κ2) is 6.14. The van der Waals surface area contributed by atoms with Crippen molar-refractivity contribution in [3.63, 3.8) is 0 Å². The maximum atomic E-state index is 12.6. The standard InChI is InChI=1S/C13H10F3N3O2S/c14-13(15,16)8-3-1-2-7(4-8)11(21)19-12-18-9(6-22-12)5-10(17)20/h1-4,6H,5H2,(H2,17,20)(H,18,19,21). The zero-order valence-electron chi connectivity index (χ0n) is 11.0. The molecule has 0 saturated heterocycles. The van der Waals surface area contributed by atoms with E-state index in [2.05, 4.69) is 10.3 Å². The van der Waals surface area contributed by atoms with Crippen LogP contribution in [0.3, 0.4) is 0 Å². The number of primary amides is 1. The number of alkyl halides is 3. The average molecular weight is 329 g/mol. The van der Waals surface area contributed by atoms with Crippen LogP contribution in [0.4, 0.5) is 18.3 Å². The number of benzene rings is 1. The van der Waals surface area contributed by atoms with E-state index in [9.17, 15) is 22.8 Å². The zero-order chi connectivity index (χ0) is 16.3. The number of carbonyl (C=O) groups excluding carboxylic acids is 2. The van der Waals surface area contributed by atoms with Gasteiger partial charge < -0.3 is 5.73 Å². The fraction of sp³-hybridized carbons (Fsp3) is 0.154. The van der Waals surface area contributed by atoms with E-state index < -0.39 is 23.6 Å². The molecule has 1 aromatic heterocycles. The third kappa shape index (κ3) is 4.04. The van der Waals surface area contributed by atoms with Gasteiger partial charge in [-0.05, 0) is 18.2 Å². The topological polar surface area (TPSA) is 85.1 Å². The Bertz CT molecular complexity index is 713. The molecule has 3 N–H and O–H groups in total. The Kier molecular flexibility index (Phi) is 4.45. The monoisotopic (exact) mass is 329 g/mol. The number of nitrogens with zero attached hydrogens (tertiary/aromatic N) is 1. The van der Waals surface area contributed by atoms with Gasteiger partial charge >= 0.3 is 6.18 Å². The van der Waals surface area contributed by atoms with Gasteiger partial charge in [-0.15, -0.1) is 11.3 Å². The fourth-order valence-corrected chi connectivity index (χ4v) is 2.34. The van der Waals surface area contributed by atoms with E-state index in [0.29, 0.717) is 5.69 Å². The number of aromatic nitrogens is 1. The lowest BCUT2D eigenvalue weighted by Gasteiger charge is -2.08. The molecule has 1 aromatic carbocycles. The molecule has 2 amide bonds. The molecule has 0 bridgehead atoms. The molecule has 0 unspecified atom stereocenters. The summed E-state index contributed by atoms with van der Waals surface area (Å²) in [4.78, 5) is 26.6. The highest BCUT2D eigenvalue weighted by atomic mass is 32.1. The predicted octanol–water partition coefficient (Wildman–Crippen LogP) is 2.44. The lowest BCUT2D eigenvalue weighted by atomic mass is 10.1. The van der Waals surface area contributed by atoms with Crippen molar-refractivity contribution in [1.29, 1.82) is 0 Å². The summed E-state index contributed by atoms with van der Waals surface area (Å²) in [5.41, 5.74) is 4.36. The van der Waals surface area contributed by atoms with Crippen LogP contribution in [0.5, 0.6) is 0 Å². The molecule has 5 nitrogen and oxygen atoms in total. The van der Waals surface area contributed by atoms with E-state index >= 15 is 0 Å². The van der Waals surface area contributed by atoms with E-state index in [1.807, 2.05) is 0 Å². The normalized spacial score (nSPS) is 11.2. The van der Waals surface area contributed by atoms with E-state index in [-0.39, 0.29) is 17.1 Å². The number of nitrogens with two attached hydrogens (primary N) is 1. The van der Waals surface area contributed by atoms with Gasteiger partial charge in [0.05, 0.1) is 17.7 Å². The zero-order valence-corrected chi connectivity index (χ0v) is 11.8. The number of amides is 2. The van der Waals surface area contributed by atoms with Gasteiger partial charge in [-0.3, -0.25) is 14.9 Å². The van der Waals surface area contributed by atoms with Crippen LogP contribution < -0.4 is 11.1 Å². The first-order chi connectivity index (χ1) is 10.3. The Morgan fingerprint density at radius 1 is 1.32 bits per heavy atom. The molecule has 116 valence electrons. The van der Waals surface area contributed by atoms with Crippen LogP contribution in [-0.4, -0.2) is 16.8 Å². The second-order valence-corrected chi connectivity index (χ2v) is 5.18. The molecule has 22 heavy (non-hydrogen) atoms. The lowest BCUT2D eigenvalue weighted by molar-refractivity contribution is -0.137. The first-order valence-electron chi connectivity index (χ1n) is 5.97. The van der Waals surface area contributed by atoms with Crippen molar-refractivity contribution in [3.8, 4) is 0 Å². The highest BCUT2D eigenvalue weighted by Crippen LogP contribution is 2.29. The summed E-state index contributed by atoms with van der Waals surface area (Å²) in [5.74, 6) is -1.29. The summed E-state index contributed by atoms with van der Waals surface area (Å²) < 4.78 is 37.8. The third-order valence-corrected chi connectivity index (χ3v) is 3.39. The molecule has 9 heteroatoms. The van der Waals surface area contributed by atoms with Gasteiger partial charge in [0, 0.05) is 10.9 Å². The maximum absolute atomic E-state index is 12.6. The largest absolute Gasteiger partial charge is 0.416 e. The first kappa shape index (κ1) is 16.0. The van der Waals surface area contributed by atoms with E-state index in [0.717, 1.165) is 29.5 Å². The van der Waals surface area contributed by atoms with Crippen molar-refractivity contribution >= 4 is 28.3 Å². The molecule has 0 aliphatic heterocycles. The highest BCUT2D eigenvalue weighted by Gasteiger charge is 2.30. The first-order valence-corrected chi connectivity index (χ1v) is 6.85. The number of hydrogen-bond donors (Lipinski definition) is 2. The number of anilines is 1. The molecule has 0 spiro atoms. The smallest absolute Gasteiger partial charge is 0.369 e. The molecule has 0 radical (unpaired) electrons. The lowest BCUT2D eigenvalue weighted by Crippen LogP contribution is -2.15. The third-order valence-electron chi connectivity index (χ3n) is 2.58. The van der Waals surface area contributed by atoms with Gasteiger partial charge in [-0.2, -0.15) is 13.2 Å². The highest BCUT2D eigenvalue weighted by molar-refractivity contribution is 7.14. The molecule has 0 saturated carbocycles. The number of hydrogen-bond acceptors (Lipinski definition) is 4. The molecule has 1 heterocycles. The summed E-state index contributed by atoms with van der Waals surface area (Å²) in [6, 6.07) is 4.05. The Morgan fingerprint density at radius 3 is 2.68 bits per heavy atom. The van der Waals surface area contributed by atoms with Gasteiger partial charge in [-0.25, -0.2) is 4.98 Å². The number of thiazole rings is 1. The van der Waals surface area contributed by atoms with Crippen LogP contribution in [0, 0.1) is 0 Å². The van der Waals surface area contributed by atoms with Gasteiger partial charge in [0.15, 0.2) is 5.13 Å². The molecule has 0 fully saturated rings. The van der Waals surface area contributed by atoms with Crippen LogP contribution in [0.15, 0.2) is 29.6 Å². The van der Waals surface area contributed by atoms with Gasteiger partial charge in [0.1, 0.15) is 0 Å². The maximum Gasteiger partial charge on any atom is 0.416 e. The van der Waals surface area contributed by atoms with Crippen LogP contribution in [0.2, 0.25) is 0 Å². The van der Waals surface area contributed by atoms with Gasteiger partial charge in [0.25, 0.3) is 5.91 Å². The Morgan fingerprint density at radius 2 is 2.05 bits per heavy atom. The van der Waals surface area contributed by atoms with Crippen molar-refractivity contribution in [3.05, 3.63) is 46.5 Å². The molecular formula is C13H10F3N3O2S. The minimum atomic E-state index is -4.52. The fourth-order valence-electron chi connectivity index (χ4n) is 1.63. The summed E-state index contributed by atoms with van der Waals surface area (Å²) in [6.45, 7) is 0. The molecule has 0 aliphatic carbocycles. The number of rotatable bonds is 4. The minimum Gasteiger partial charge on any atom is -0.369 e. The van der Waals surface area contributed by atoms with Crippen molar-refractivity contribution in [2.45, 2.75) is 12.6 Å². The van der Waals surface area contributed by atoms with Crippen LogP contribution in [0.25, 0.3) is 0 Å². The molecule has 0 aliphatic rings. The number of carbonyl (C=O) groups is 2. The van der Waals surface area contributed by atoms with E-state index in [1.165, 1.54) is 11.4 Å². The Hall–Kier alpha value is -2.42. The number of halogens is 3. The van der Waals surface area contributed by atoms with E-state index in [4.69, 9.17) is 5.73 Å². The summed E-state index contributed by atoms with van der Waals surface area (Å²) in [5, 5.41) is 4.09. The Labute approximate surface area is 127 Å². The van der Waals surface area contributed by atoms with Crippen molar-refractivity contribution in [2.24, 2.45) is 5.73 Å². The summed E-state index contributed by atoms with van der Waals surface area (Å²) in [7, 11) is 0. The van der Waals surface area contributed by atoms with E-state index in [1.54, 1.807) is 0 Å². The van der Waals surface area contributed by atoms with Crippen LogP contribution in [0.1, 0.15) is 21.6 Å². The van der Waals surface area contributed by atoms with Gasteiger partial charge in [0.2, 0.25) is 5.91 Å². The molecule has 2 aromatic rings. The van der Waals surface area contributed by atoms with Crippen molar-refractivity contribution in [1.82, 2.24) is 4.98 Å². The van der Waals surface area contributed by atoms with Crippen LogP contribution in [-0.2, 0) is 17.4 Å². The summed E-state index contributed by atoms with van der Waals surface area (Å²) in [6.07, 6.45) is -4.60. The van der Waals surface area contributed by atoms with Crippen molar-refractivity contribution in [2.75, 3.05) is 5.32 Å². The molecule has 2 rings (SSSR count). The summed E-state index contributed by atoms with van der Waals surface area (Å²) >= 11 is 1.05. The van der Waals surface area contributed by atoms with Gasteiger partial charge in [-0.1, -0.05) is 6.07 Å². The quantitative estimate of drug-likeness (QED) is 0.903. The minimum absolute atomic E-state index is 0.0735. The predicted molar refractivity (Wildman–Crippen MR) is 74.4 cm³/mol. The SMILES string of the molecule is NC(=O)Cc1csc(NC(=O)c2cccc(C(F)(F)F)c2)n1. The number of nitrogens with one attached hydrogen (secondary N) is 1. The average Bonchev–Trinajstić information content (AvgIpc) is 2.84. The second-order valence-electron chi connectivity index (χ2n) is 4.32.